The van der Waals surface area contributed by atoms with Gasteiger partial charge in [0.25, 0.3) is 0 Å². The zero-order valence-corrected chi connectivity index (χ0v) is 10.2. The van der Waals surface area contributed by atoms with Crippen molar-refractivity contribution in [1.29, 1.82) is 0 Å². The fourth-order valence-electron chi connectivity index (χ4n) is 1.70. The van der Waals surface area contributed by atoms with Gasteiger partial charge in [0.1, 0.15) is 5.75 Å². The molecular weight excluding hydrogens is 250 g/mol. The predicted octanol–water partition coefficient (Wildman–Crippen LogP) is 3.34. The molecule has 19 heavy (non-hydrogen) atoms. The number of anilines is 1. The summed E-state index contributed by atoms with van der Waals surface area (Å²) in [7, 11) is 0. The van der Waals surface area contributed by atoms with Gasteiger partial charge < -0.3 is 10.1 Å². The highest BCUT2D eigenvalue weighted by Gasteiger charge is 2.08. The van der Waals surface area contributed by atoms with Gasteiger partial charge in [0.05, 0.1) is 5.69 Å². The van der Waals surface area contributed by atoms with Crippen LogP contribution in [0.5, 0.6) is 5.75 Å². The first kappa shape index (κ1) is 13.3. The Bertz CT molecular complexity index is 506. The smallest absolute Gasteiger partial charge is 0.387 e. The average Bonchev–Trinajstić information content (AvgIpc) is 2.41. The lowest BCUT2D eigenvalue weighted by molar-refractivity contribution is -0.0493. The quantitative estimate of drug-likeness (QED) is 0.869. The van der Waals surface area contributed by atoms with Crippen LogP contribution >= 0.6 is 0 Å². The van der Waals surface area contributed by atoms with Crippen molar-refractivity contribution >= 4 is 5.69 Å². The van der Waals surface area contributed by atoms with Gasteiger partial charge in [-0.25, -0.2) is 0 Å². The number of nitrogens with one attached hydrogen (secondary N) is 1. The maximum absolute atomic E-state index is 12.2. The van der Waals surface area contributed by atoms with E-state index in [2.05, 4.69) is 15.0 Å². The molecule has 0 radical (unpaired) electrons. The third-order valence-electron chi connectivity index (χ3n) is 2.56. The molecule has 0 atom stereocenters. The lowest BCUT2D eigenvalue weighted by Gasteiger charge is -2.12. The van der Waals surface area contributed by atoms with Gasteiger partial charge in [0.15, 0.2) is 0 Å². The third-order valence-corrected chi connectivity index (χ3v) is 2.56. The largest absolute Gasteiger partial charge is 0.433 e. The van der Waals surface area contributed by atoms with Gasteiger partial charge >= 0.3 is 6.61 Å². The van der Waals surface area contributed by atoms with Gasteiger partial charge in [-0.3, -0.25) is 4.98 Å². The third kappa shape index (κ3) is 4.21. The van der Waals surface area contributed by atoms with E-state index in [0.29, 0.717) is 12.2 Å². The number of pyridine rings is 1. The van der Waals surface area contributed by atoms with Gasteiger partial charge in [-0.1, -0.05) is 18.2 Å². The Kier molecular flexibility index (Phi) is 4.66. The van der Waals surface area contributed by atoms with Gasteiger partial charge in [-0.15, -0.1) is 0 Å². The minimum Gasteiger partial charge on any atom is -0.433 e. The molecule has 0 unspecified atom stereocenters. The van der Waals surface area contributed by atoms with Crippen LogP contribution in [0.4, 0.5) is 14.5 Å². The summed E-state index contributed by atoms with van der Waals surface area (Å²) in [5.41, 5.74) is 1.65. The number of ether oxygens (including phenoxy) is 1. The number of alkyl halides is 2. The minimum atomic E-state index is -2.82. The highest BCUT2D eigenvalue weighted by Crippen LogP contribution is 2.25. The summed E-state index contributed by atoms with van der Waals surface area (Å²) in [6.07, 6.45) is 4.25. The molecule has 2 rings (SSSR count). The van der Waals surface area contributed by atoms with Crippen LogP contribution in [-0.4, -0.2) is 18.1 Å². The fourth-order valence-corrected chi connectivity index (χ4v) is 1.70. The number of para-hydroxylation sites is 2. The lowest BCUT2D eigenvalue weighted by atomic mass is 10.2. The maximum Gasteiger partial charge on any atom is 0.387 e. The Balaban J connectivity index is 1.92. The van der Waals surface area contributed by atoms with Crippen molar-refractivity contribution in [1.82, 2.24) is 4.98 Å². The van der Waals surface area contributed by atoms with E-state index in [1.807, 2.05) is 12.1 Å². The Hall–Kier alpha value is -2.17. The summed E-state index contributed by atoms with van der Waals surface area (Å²) >= 11 is 0. The SMILES string of the molecule is FC(F)Oc1ccccc1NCCc1cccnc1. The summed E-state index contributed by atoms with van der Waals surface area (Å²) in [5, 5.41) is 3.08. The average molecular weight is 264 g/mol. The Morgan fingerprint density at radius 1 is 1.16 bits per heavy atom. The molecule has 1 aromatic heterocycles. The highest BCUT2D eigenvalue weighted by atomic mass is 19.3. The molecule has 1 N–H and O–H groups in total. The molecule has 5 heteroatoms. The van der Waals surface area contributed by atoms with E-state index in [1.165, 1.54) is 6.07 Å². The first-order chi connectivity index (χ1) is 9.25. The van der Waals surface area contributed by atoms with Crippen molar-refractivity contribution in [2.75, 3.05) is 11.9 Å². The van der Waals surface area contributed by atoms with Gasteiger partial charge in [-0.2, -0.15) is 8.78 Å². The molecule has 0 saturated carbocycles. The van der Waals surface area contributed by atoms with E-state index < -0.39 is 6.61 Å². The van der Waals surface area contributed by atoms with E-state index in [9.17, 15) is 8.78 Å². The fraction of sp³-hybridized carbons (Fsp3) is 0.214. The summed E-state index contributed by atoms with van der Waals surface area (Å²) in [5.74, 6) is 0.156. The van der Waals surface area contributed by atoms with Crippen LogP contribution in [0.2, 0.25) is 0 Å². The van der Waals surface area contributed by atoms with Crippen LogP contribution in [0, 0.1) is 0 Å². The molecule has 0 fully saturated rings. The van der Waals surface area contributed by atoms with E-state index >= 15 is 0 Å². The number of benzene rings is 1. The number of hydrogen-bond donors (Lipinski definition) is 1. The lowest BCUT2D eigenvalue weighted by Crippen LogP contribution is -2.09. The second-order valence-corrected chi connectivity index (χ2v) is 3.91. The highest BCUT2D eigenvalue weighted by molar-refractivity contribution is 5.56. The molecule has 1 heterocycles. The van der Waals surface area contributed by atoms with Crippen molar-refractivity contribution in [3.63, 3.8) is 0 Å². The molecule has 2 aromatic rings. The summed E-state index contributed by atoms with van der Waals surface area (Å²) < 4.78 is 28.9. The molecule has 100 valence electrons. The van der Waals surface area contributed by atoms with Gasteiger partial charge in [-0.05, 0) is 30.2 Å². The molecule has 1 aromatic carbocycles. The summed E-state index contributed by atoms with van der Waals surface area (Å²) in [6.45, 7) is -2.20. The van der Waals surface area contributed by atoms with Crippen LogP contribution < -0.4 is 10.1 Å². The van der Waals surface area contributed by atoms with Crippen molar-refractivity contribution in [2.45, 2.75) is 13.0 Å². The standard InChI is InChI=1S/C14H14F2N2O/c15-14(16)19-13-6-2-1-5-12(13)18-9-7-11-4-3-8-17-10-11/h1-6,8,10,14,18H,7,9H2. The summed E-state index contributed by atoms with van der Waals surface area (Å²) in [6, 6.07) is 10.5. The number of hydrogen-bond acceptors (Lipinski definition) is 3. The second-order valence-electron chi connectivity index (χ2n) is 3.91. The minimum absolute atomic E-state index is 0.156. The zero-order chi connectivity index (χ0) is 13.5. The number of halogens is 2. The van der Waals surface area contributed by atoms with Crippen molar-refractivity contribution < 1.29 is 13.5 Å². The molecule has 0 saturated heterocycles. The van der Waals surface area contributed by atoms with Crippen molar-refractivity contribution in [2.24, 2.45) is 0 Å². The zero-order valence-electron chi connectivity index (χ0n) is 10.2. The molecule has 3 nitrogen and oxygen atoms in total. The molecule has 0 bridgehead atoms. The molecule has 0 aliphatic rings. The predicted molar refractivity (Wildman–Crippen MR) is 69.5 cm³/mol. The maximum atomic E-state index is 12.2. The first-order valence-corrected chi connectivity index (χ1v) is 5.92. The van der Waals surface area contributed by atoms with E-state index in [1.54, 1.807) is 30.6 Å². The Morgan fingerprint density at radius 3 is 2.74 bits per heavy atom. The number of rotatable bonds is 6. The van der Waals surface area contributed by atoms with E-state index in [0.717, 1.165) is 12.0 Å². The molecule has 0 spiro atoms. The van der Waals surface area contributed by atoms with Gasteiger partial charge in [0.2, 0.25) is 0 Å². The number of nitrogens with zero attached hydrogens (tertiary/aromatic N) is 1. The number of aromatic nitrogens is 1. The molecule has 0 amide bonds. The second kappa shape index (κ2) is 6.68. The first-order valence-electron chi connectivity index (χ1n) is 5.92. The van der Waals surface area contributed by atoms with Crippen LogP contribution in [0.1, 0.15) is 5.56 Å². The van der Waals surface area contributed by atoms with Crippen molar-refractivity contribution in [3.8, 4) is 5.75 Å². The van der Waals surface area contributed by atoms with Crippen LogP contribution in [0.15, 0.2) is 48.8 Å². The molecule has 0 aliphatic heterocycles. The monoisotopic (exact) mass is 264 g/mol. The Morgan fingerprint density at radius 2 is 2.00 bits per heavy atom. The normalized spacial score (nSPS) is 10.5. The van der Waals surface area contributed by atoms with Crippen molar-refractivity contribution in [3.05, 3.63) is 54.4 Å². The topological polar surface area (TPSA) is 34.1 Å². The van der Waals surface area contributed by atoms with E-state index in [4.69, 9.17) is 0 Å². The summed E-state index contributed by atoms with van der Waals surface area (Å²) in [4.78, 5) is 4.02. The van der Waals surface area contributed by atoms with E-state index in [-0.39, 0.29) is 5.75 Å². The van der Waals surface area contributed by atoms with Gasteiger partial charge in [0, 0.05) is 18.9 Å². The van der Waals surface area contributed by atoms with Crippen LogP contribution in [-0.2, 0) is 6.42 Å². The Labute approximate surface area is 110 Å². The van der Waals surface area contributed by atoms with Crippen LogP contribution in [0.25, 0.3) is 0 Å². The molecular formula is C14H14F2N2O. The van der Waals surface area contributed by atoms with Crippen LogP contribution in [0.3, 0.4) is 0 Å². The molecule has 0 aliphatic carbocycles.